The molecule has 0 aliphatic carbocycles. The number of ether oxygens (including phenoxy) is 1. The van der Waals surface area contributed by atoms with Crippen molar-refractivity contribution in [2.75, 3.05) is 11.9 Å². The fourth-order valence-corrected chi connectivity index (χ4v) is 1.18. The van der Waals surface area contributed by atoms with Gasteiger partial charge in [0.15, 0.2) is 5.82 Å². The molecular weight excluding hydrogens is 321 g/mol. The number of rotatable bonds is 1. The molecule has 0 aliphatic heterocycles. The SMILES string of the molecule is CN(C(=O)OC(C)(C)C)c1cnc(I)cn1. The highest BCUT2D eigenvalue weighted by atomic mass is 127. The highest BCUT2D eigenvalue weighted by Crippen LogP contribution is 2.13. The Morgan fingerprint density at radius 2 is 2.00 bits per heavy atom. The number of carbonyl (C=O) groups is 1. The van der Waals surface area contributed by atoms with Gasteiger partial charge in [-0.2, -0.15) is 0 Å². The first-order valence-electron chi connectivity index (χ1n) is 4.74. The highest BCUT2D eigenvalue weighted by molar-refractivity contribution is 14.1. The first-order chi connectivity index (χ1) is 7.29. The first kappa shape index (κ1) is 13.1. The minimum Gasteiger partial charge on any atom is -0.443 e. The van der Waals surface area contributed by atoms with Crippen molar-refractivity contribution in [1.82, 2.24) is 9.97 Å². The average Bonchev–Trinajstić information content (AvgIpc) is 2.15. The van der Waals surface area contributed by atoms with Gasteiger partial charge < -0.3 is 4.74 Å². The highest BCUT2D eigenvalue weighted by Gasteiger charge is 2.21. The minimum atomic E-state index is -0.512. The van der Waals surface area contributed by atoms with Crippen LogP contribution >= 0.6 is 22.6 Å². The molecule has 1 aromatic heterocycles. The zero-order valence-electron chi connectivity index (χ0n) is 9.69. The molecule has 1 rings (SSSR count). The second-order valence-electron chi connectivity index (χ2n) is 4.24. The van der Waals surface area contributed by atoms with E-state index in [1.165, 1.54) is 11.1 Å². The zero-order chi connectivity index (χ0) is 12.3. The maximum absolute atomic E-state index is 11.7. The van der Waals surface area contributed by atoms with Crippen molar-refractivity contribution in [1.29, 1.82) is 0 Å². The maximum atomic E-state index is 11.7. The van der Waals surface area contributed by atoms with Crippen LogP contribution in [-0.4, -0.2) is 28.7 Å². The molecule has 1 amide bonds. The molecule has 0 fully saturated rings. The molecule has 1 aromatic rings. The van der Waals surface area contributed by atoms with Crippen LogP contribution in [0.15, 0.2) is 12.4 Å². The van der Waals surface area contributed by atoms with Gasteiger partial charge in [-0.05, 0) is 43.4 Å². The van der Waals surface area contributed by atoms with Crippen LogP contribution in [0.25, 0.3) is 0 Å². The van der Waals surface area contributed by atoms with Crippen molar-refractivity contribution in [2.24, 2.45) is 0 Å². The predicted molar refractivity (Wildman–Crippen MR) is 69.4 cm³/mol. The Balaban J connectivity index is 2.74. The van der Waals surface area contributed by atoms with Gasteiger partial charge in [0.05, 0.1) is 12.4 Å². The van der Waals surface area contributed by atoms with Gasteiger partial charge in [-0.15, -0.1) is 0 Å². The number of nitrogens with zero attached hydrogens (tertiary/aromatic N) is 3. The Morgan fingerprint density at radius 1 is 1.38 bits per heavy atom. The zero-order valence-corrected chi connectivity index (χ0v) is 11.8. The van der Waals surface area contributed by atoms with E-state index in [9.17, 15) is 4.79 Å². The van der Waals surface area contributed by atoms with Crippen LogP contribution < -0.4 is 4.90 Å². The number of carbonyl (C=O) groups excluding carboxylic acids is 1. The minimum absolute atomic E-state index is 0.442. The van der Waals surface area contributed by atoms with Crippen LogP contribution in [0.5, 0.6) is 0 Å². The summed E-state index contributed by atoms with van der Waals surface area (Å²) in [5.74, 6) is 0.467. The van der Waals surface area contributed by atoms with Gasteiger partial charge in [-0.3, -0.25) is 4.90 Å². The fourth-order valence-electron chi connectivity index (χ4n) is 0.903. The lowest BCUT2D eigenvalue weighted by Gasteiger charge is -2.23. The van der Waals surface area contributed by atoms with Gasteiger partial charge in [-0.1, -0.05) is 0 Å². The van der Waals surface area contributed by atoms with Crippen molar-refractivity contribution in [3.05, 3.63) is 16.1 Å². The smallest absolute Gasteiger partial charge is 0.415 e. The molecule has 0 unspecified atom stereocenters. The molecular formula is C10H14IN3O2. The molecule has 0 saturated heterocycles. The largest absolute Gasteiger partial charge is 0.443 e. The third-order valence-corrected chi connectivity index (χ3v) is 2.17. The summed E-state index contributed by atoms with van der Waals surface area (Å²) >= 11 is 2.05. The van der Waals surface area contributed by atoms with Gasteiger partial charge in [0.25, 0.3) is 0 Å². The standard InChI is InChI=1S/C10H14IN3O2/c1-10(2,3)16-9(15)14(4)8-6-12-7(11)5-13-8/h5-6H,1-4H3. The van der Waals surface area contributed by atoms with Crippen LogP contribution in [0.1, 0.15) is 20.8 Å². The normalized spacial score (nSPS) is 11.1. The molecule has 0 saturated carbocycles. The summed E-state index contributed by atoms with van der Waals surface area (Å²) in [4.78, 5) is 21.1. The average molecular weight is 335 g/mol. The van der Waals surface area contributed by atoms with Gasteiger partial charge in [0.1, 0.15) is 9.30 Å². The lowest BCUT2D eigenvalue weighted by atomic mass is 10.2. The molecule has 88 valence electrons. The molecule has 0 atom stereocenters. The van der Waals surface area contributed by atoms with Crippen LogP contribution in [-0.2, 0) is 4.74 Å². The topological polar surface area (TPSA) is 55.3 Å². The van der Waals surface area contributed by atoms with Gasteiger partial charge >= 0.3 is 6.09 Å². The van der Waals surface area contributed by atoms with Crippen molar-refractivity contribution in [3.8, 4) is 0 Å². The second-order valence-corrected chi connectivity index (χ2v) is 5.34. The summed E-state index contributed by atoms with van der Waals surface area (Å²) in [6, 6.07) is 0. The molecule has 5 nitrogen and oxygen atoms in total. The van der Waals surface area contributed by atoms with Crippen LogP contribution in [0.3, 0.4) is 0 Å². The van der Waals surface area contributed by atoms with Gasteiger partial charge in [-0.25, -0.2) is 14.8 Å². The third kappa shape index (κ3) is 3.92. The van der Waals surface area contributed by atoms with E-state index in [2.05, 4.69) is 32.6 Å². The maximum Gasteiger partial charge on any atom is 0.415 e. The lowest BCUT2D eigenvalue weighted by molar-refractivity contribution is 0.0588. The van der Waals surface area contributed by atoms with E-state index in [0.29, 0.717) is 5.82 Å². The summed E-state index contributed by atoms with van der Waals surface area (Å²) in [5.41, 5.74) is -0.512. The third-order valence-electron chi connectivity index (χ3n) is 1.62. The van der Waals surface area contributed by atoms with Crippen molar-refractivity contribution in [2.45, 2.75) is 26.4 Å². The van der Waals surface area contributed by atoms with Crippen LogP contribution in [0, 0.1) is 3.70 Å². The van der Waals surface area contributed by atoms with Crippen molar-refractivity contribution in [3.63, 3.8) is 0 Å². The molecule has 16 heavy (non-hydrogen) atoms. The summed E-state index contributed by atoms with van der Waals surface area (Å²) in [5, 5.41) is 0. The summed E-state index contributed by atoms with van der Waals surface area (Å²) in [6.07, 6.45) is 2.69. The molecule has 0 aromatic carbocycles. The Kier molecular flexibility index (Phi) is 4.06. The Morgan fingerprint density at radius 3 is 2.44 bits per heavy atom. The van der Waals surface area contributed by atoms with Gasteiger partial charge in [0.2, 0.25) is 0 Å². The quantitative estimate of drug-likeness (QED) is 0.740. The molecule has 1 heterocycles. The fraction of sp³-hybridized carbons (Fsp3) is 0.500. The monoisotopic (exact) mass is 335 g/mol. The van der Waals surface area contributed by atoms with E-state index >= 15 is 0 Å². The number of aromatic nitrogens is 2. The van der Waals surface area contributed by atoms with E-state index in [-0.39, 0.29) is 0 Å². The van der Waals surface area contributed by atoms with Crippen LogP contribution in [0.4, 0.5) is 10.6 Å². The molecule has 0 bridgehead atoms. The Bertz CT molecular complexity index is 373. The van der Waals surface area contributed by atoms with E-state index in [1.54, 1.807) is 13.2 Å². The molecule has 0 spiro atoms. The van der Waals surface area contributed by atoms with E-state index in [4.69, 9.17) is 4.74 Å². The Labute approximate surface area is 108 Å². The molecule has 0 radical (unpaired) electrons. The Hall–Kier alpha value is -0.920. The van der Waals surface area contributed by atoms with E-state index < -0.39 is 11.7 Å². The summed E-state index contributed by atoms with van der Waals surface area (Å²) in [7, 11) is 1.60. The molecule has 6 heteroatoms. The molecule has 0 N–H and O–H groups in total. The number of halogens is 1. The number of amides is 1. The number of anilines is 1. The number of hydrogen-bond donors (Lipinski definition) is 0. The van der Waals surface area contributed by atoms with E-state index in [0.717, 1.165) is 3.70 Å². The first-order valence-corrected chi connectivity index (χ1v) is 5.82. The lowest BCUT2D eigenvalue weighted by Crippen LogP contribution is -2.34. The van der Waals surface area contributed by atoms with E-state index in [1.807, 2.05) is 20.8 Å². The summed E-state index contributed by atoms with van der Waals surface area (Å²) in [6.45, 7) is 5.45. The summed E-state index contributed by atoms with van der Waals surface area (Å²) < 4.78 is 5.98. The second kappa shape index (κ2) is 4.94. The van der Waals surface area contributed by atoms with Crippen LogP contribution in [0.2, 0.25) is 0 Å². The molecule has 0 aliphatic rings. The number of hydrogen-bond acceptors (Lipinski definition) is 4. The van der Waals surface area contributed by atoms with Crippen molar-refractivity contribution < 1.29 is 9.53 Å². The van der Waals surface area contributed by atoms with Gasteiger partial charge in [0, 0.05) is 7.05 Å². The van der Waals surface area contributed by atoms with Crippen molar-refractivity contribution >= 4 is 34.5 Å². The predicted octanol–water partition coefficient (Wildman–Crippen LogP) is 2.45.